The van der Waals surface area contributed by atoms with Gasteiger partial charge in [0.05, 0.1) is 14.2 Å². The lowest BCUT2D eigenvalue weighted by Crippen LogP contribution is -2.43. The van der Waals surface area contributed by atoms with Crippen LogP contribution < -0.4 is 14.2 Å². The summed E-state index contributed by atoms with van der Waals surface area (Å²) in [5.74, 6) is 0.851. The summed E-state index contributed by atoms with van der Waals surface area (Å²) in [6, 6.07) is 20.4. The number of methoxy groups -OCH3 is 2. The third-order valence-corrected chi connectivity index (χ3v) is 5.81. The van der Waals surface area contributed by atoms with E-state index in [-0.39, 0.29) is 12.2 Å². The van der Waals surface area contributed by atoms with Crippen LogP contribution in [-0.2, 0) is 10.4 Å². The van der Waals surface area contributed by atoms with Crippen LogP contribution in [0.2, 0.25) is 0 Å². The zero-order valence-electron chi connectivity index (χ0n) is 17.8. The van der Waals surface area contributed by atoms with Crippen LogP contribution in [0.5, 0.6) is 17.2 Å². The first-order valence-electron chi connectivity index (χ1n) is 10.1. The maximum absolute atomic E-state index is 14.1. The molecule has 5 nitrogen and oxygen atoms in total. The van der Waals surface area contributed by atoms with Gasteiger partial charge in [-0.25, -0.2) is 0 Å². The second-order valence-electron chi connectivity index (χ2n) is 7.60. The number of ether oxygens (including phenoxy) is 3. The minimum atomic E-state index is -1.40. The van der Waals surface area contributed by atoms with Crippen molar-refractivity contribution in [2.24, 2.45) is 0 Å². The number of aldehydes is 1. The van der Waals surface area contributed by atoms with E-state index in [2.05, 4.69) is 0 Å². The maximum Gasteiger partial charge on any atom is 0.219 e. The molecular formula is C26H24O5. The van der Waals surface area contributed by atoms with Crippen molar-refractivity contribution in [2.75, 3.05) is 14.2 Å². The van der Waals surface area contributed by atoms with Crippen LogP contribution in [0.4, 0.5) is 0 Å². The number of hydrogen-bond donors (Lipinski definition) is 0. The topological polar surface area (TPSA) is 61.8 Å². The summed E-state index contributed by atoms with van der Waals surface area (Å²) < 4.78 is 17.4. The van der Waals surface area contributed by atoms with E-state index in [4.69, 9.17) is 14.2 Å². The van der Waals surface area contributed by atoms with Crippen LogP contribution in [0.15, 0.2) is 66.7 Å². The van der Waals surface area contributed by atoms with Crippen molar-refractivity contribution >= 4 is 12.1 Å². The minimum Gasteiger partial charge on any atom is -0.497 e. The largest absolute Gasteiger partial charge is 0.497 e. The van der Waals surface area contributed by atoms with Crippen molar-refractivity contribution in [3.8, 4) is 17.2 Å². The molecule has 5 heteroatoms. The normalized spacial score (nSPS) is 18.1. The maximum atomic E-state index is 14.1. The molecule has 3 aromatic carbocycles. The van der Waals surface area contributed by atoms with Crippen LogP contribution in [-0.4, -0.2) is 26.3 Å². The molecule has 0 radical (unpaired) electrons. The van der Waals surface area contributed by atoms with Gasteiger partial charge in [0.15, 0.2) is 0 Å². The highest BCUT2D eigenvalue weighted by Crippen LogP contribution is 2.53. The van der Waals surface area contributed by atoms with Crippen LogP contribution in [0.25, 0.3) is 0 Å². The number of carbonyl (C=O) groups excluding carboxylic acids is 2. The summed E-state index contributed by atoms with van der Waals surface area (Å²) >= 11 is 0. The Bertz CT molecular complexity index is 1100. The summed E-state index contributed by atoms with van der Waals surface area (Å²) in [6.07, 6.45) is 0.960. The predicted octanol–water partition coefficient (Wildman–Crippen LogP) is 4.86. The molecule has 0 saturated heterocycles. The zero-order valence-corrected chi connectivity index (χ0v) is 17.8. The minimum absolute atomic E-state index is 0.122. The number of Topliss-reactive ketones (excluding diaryl/α,β-unsaturated/α-hetero) is 1. The molecule has 0 unspecified atom stereocenters. The van der Waals surface area contributed by atoms with Gasteiger partial charge in [-0.2, -0.15) is 0 Å². The monoisotopic (exact) mass is 416 g/mol. The van der Waals surface area contributed by atoms with E-state index in [0.29, 0.717) is 28.4 Å². The van der Waals surface area contributed by atoms with Gasteiger partial charge in [0.25, 0.3) is 0 Å². The number of carbonyl (C=O) groups is 2. The van der Waals surface area contributed by atoms with Gasteiger partial charge in [-0.15, -0.1) is 0 Å². The van der Waals surface area contributed by atoms with E-state index in [1.807, 2.05) is 61.5 Å². The Kier molecular flexibility index (Phi) is 5.51. The van der Waals surface area contributed by atoms with Crippen molar-refractivity contribution < 1.29 is 23.8 Å². The number of hydrogen-bond acceptors (Lipinski definition) is 5. The average molecular weight is 416 g/mol. The third kappa shape index (κ3) is 3.36. The number of ketones is 1. The highest BCUT2D eigenvalue weighted by molar-refractivity contribution is 6.11. The predicted molar refractivity (Wildman–Crippen MR) is 117 cm³/mol. The van der Waals surface area contributed by atoms with Crippen LogP contribution >= 0.6 is 0 Å². The molecule has 4 rings (SSSR count). The van der Waals surface area contributed by atoms with Crippen molar-refractivity contribution in [2.45, 2.75) is 24.9 Å². The second-order valence-corrected chi connectivity index (χ2v) is 7.60. The third-order valence-electron chi connectivity index (χ3n) is 5.81. The number of rotatable bonds is 7. The molecule has 0 aromatic heterocycles. The SMILES string of the molecule is COc1ccc([C@@]2([C@@H](CC=O)c3ccccc3)Oc3cc(C)cc(OC)c3C2=O)cc1. The van der Waals surface area contributed by atoms with Crippen LogP contribution in [0.1, 0.15) is 39.4 Å². The highest BCUT2D eigenvalue weighted by Gasteiger charge is 2.56. The summed E-state index contributed by atoms with van der Waals surface area (Å²) in [5.41, 5.74) is 1.42. The second kappa shape index (κ2) is 8.26. The Morgan fingerprint density at radius 2 is 1.71 bits per heavy atom. The van der Waals surface area contributed by atoms with Crippen molar-refractivity contribution in [1.29, 1.82) is 0 Å². The van der Waals surface area contributed by atoms with Gasteiger partial charge in [0, 0.05) is 17.9 Å². The number of benzene rings is 3. The van der Waals surface area contributed by atoms with E-state index in [9.17, 15) is 9.59 Å². The molecular weight excluding hydrogens is 392 g/mol. The molecule has 0 fully saturated rings. The summed E-state index contributed by atoms with van der Waals surface area (Å²) in [6.45, 7) is 1.92. The van der Waals surface area contributed by atoms with E-state index >= 15 is 0 Å². The molecule has 0 bridgehead atoms. The van der Waals surface area contributed by atoms with Gasteiger partial charge >= 0.3 is 0 Å². The molecule has 1 heterocycles. The van der Waals surface area contributed by atoms with Crippen LogP contribution in [0, 0.1) is 6.92 Å². The molecule has 2 atom stereocenters. The molecule has 31 heavy (non-hydrogen) atoms. The molecule has 1 aliphatic heterocycles. The first-order valence-corrected chi connectivity index (χ1v) is 10.1. The van der Waals surface area contributed by atoms with E-state index in [1.54, 1.807) is 19.2 Å². The van der Waals surface area contributed by atoms with Gasteiger partial charge < -0.3 is 19.0 Å². The van der Waals surface area contributed by atoms with E-state index in [0.717, 1.165) is 17.4 Å². The molecule has 0 spiro atoms. The van der Waals surface area contributed by atoms with Gasteiger partial charge in [0.2, 0.25) is 11.4 Å². The van der Waals surface area contributed by atoms with Gasteiger partial charge in [0.1, 0.15) is 29.1 Å². The first kappa shape index (κ1) is 20.7. The Morgan fingerprint density at radius 3 is 2.32 bits per heavy atom. The Labute approximate surface area is 181 Å². The number of fused-ring (bicyclic) bond motifs is 1. The fraction of sp³-hybridized carbons (Fsp3) is 0.231. The lowest BCUT2D eigenvalue weighted by molar-refractivity contribution is -0.109. The van der Waals surface area contributed by atoms with Crippen molar-refractivity contribution in [3.05, 3.63) is 89.0 Å². The van der Waals surface area contributed by atoms with Gasteiger partial charge in [-0.1, -0.05) is 42.5 Å². The molecule has 3 aromatic rings. The molecule has 0 saturated carbocycles. The molecule has 0 N–H and O–H groups in total. The van der Waals surface area contributed by atoms with E-state index in [1.165, 1.54) is 7.11 Å². The van der Waals surface area contributed by atoms with Crippen molar-refractivity contribution in [1.82, 2.24) is 0 Å². The quantitative estimate of drug-likeness (QED) is 0.515. The molecule has 0 aliphatic carbocycles. The zero-order chi connectivity index (χ0) is 22.0. The van der Waals surface area contributed by atoms with E-state index < -0.39 is 11.5 Å². The van der Waals surface area contributed by atoms with Gasteiger partial charge in [-0.3, -0.25) is 4.79 Å². The highest BCUT2D eigenvalue weighted by atomic mass is 16.5. The lowest BCUT2D eigenvalue weighted by atomic mass is 9.72. The molecule has 1 aliphatic rings. The Balaban J connectivity index is 1.98. The first-order chi connectivity index (χ1) is 15.0. The smallest absolute Gasteiger partial charge is 0.219 e. The fourth-order valence-corrected chi connectivity index (χ4v) is 4.37. The lowest BCUT2D eigenvalue weighted by Gasteiger charge is -2.35. The Morgan fingerprint density at radius 1 is 1.00 bits per heavy atom. The molecule has 158 valence electrons. The van der Waals surface area contributed by atoms with Gasteiger partial charge in [-0.05, 0) is 42.3 Å². The van der Waals surface area contributed by atoms with Crippen molar-refractivity contribution in [3.63, 3.8) is 0 Å². The average Bonchev–Trinajstić information content (AvgIpc) is 3.10. The summed E-state index contributed by atoms with van der Waals surface area (Å²) in [4.78, 5) is 25.9. The summed E-state index contributed by atoms with van der Waals surface area (Å²) in [7, 11) is 3.13. The summed E-state index contributed by atoms with van der Waals surface area (Å²) in [5, 5.41) is 0. The molecule has 0 amide bonds. The standard InChI is InChI=1S/C26H24O5/c1-17-15-22(30-3)24-23(16-17)31-26(25(24)28,19-9-11-20(29-2)12-10-19)21(13-14-27)18-7-5-4-6-8-18/h4-12,14-16,21H,13H2,1-3H3/t21-,26-/m0/s1. The fourth-order valence-electron chi connectivity index (χ4n) is 4.37. The Hall–Kier alpha value is -3.60. The van der Waals surface area contributed by atoms with Crippen LogP contribution in [0.3, 0.4) is 0 Å². The number of aryl methyl sites for hydroxylation is 1.